The summed E-state index contributed by atoms with van der Waals surface area (Å²) < 4.78 is 26.7. The molecule has 1 saturated carbocycles. The summed E-state index contributed by atoms with van der Waals surface area (Å²) in [4.78, 5) is 15.1. The minimum Gasteiger partial charge on any atom is -0.454 e. The average Bonchev–Trinajstić information content (AvgIpc) is 3.34. The highest BCUT2D eigenvalue weighted by Crippen LogP contribution is 2.46. The van der Waals surface area contributed by atoms with Gasteiger partial charge >= 0.3 is 0 Å². The van der Waals surface area contributed by atoms with Gasteiger partial charge in [0, 0.05) is 44.2 Å². The first-order chi connectivity index (χ1) is 17.8. The third kappa shape index (κ3) is 6.33. The number of likely N-dealkylation sites (tertiary alicyclic amines) is 1. The van der Waals surface area contributed by atoms with Crippen molar-refractivity contribution >= 4 is 5.91 Å². The Morgan fingerprint density at radius 1 is 1.14 bits per heavy atom. The van der Waals surface area contributed by atoms with Crippen LogP contribution in [0.25, 0.3) is 0 Å². The Labute approximate surface area is 219 Å². The van der Waals surface area contributed by atoms with Crippen molar-refractivity contribution in [3.63, 3.8) is 0 Å². The fourth-order valence-electron chi connectivity index (χ4n) is 5.94. The highest BCUT2D eigenvalue weighted by molar-refractivity contribution is 5.79. The van der Waals surface area contributed by atoms with Crippen LogP contribution >= 0.6 is 0 Å². The van der Waals surface area contributed by atoms with Crippen molar-refractivity contribution in [1.29, 1.82) is 0 Å². The van der Waals surface area contributed by atoms with E-state index in [1.165, 1.54) is 6.07 Å². The standard InChI is InChI=1S/C30H40FNO5/c1-21-9-3-4-13-27(21)37-28-25(11-7-12-26(28)31)30(35,16-5-6-18-36-2)23-10-8-17-32(20-23)29(34)22-14-15-24(33)19-22/h3-4,7,9,11-13,22-24,33,35H,5-6,8,10,14-20H2,1-2H3/t22-,23+,24+,30-/m0/s1. The van der Waals surface area contributed by atoms with E-state index in [0.29, 0.717) is 63.1 Å². The summed E-state index contributed by atoms with van der Waals surface area (Å²) in [6, 6.07) is 12.1. The number of aliphatic hydroxyl groups excluding tert-OH is 1. The predicted molar refractivity (Wildman–Crippen MR) is 140 cm³/mol. The molecule has 0 spiro atoms. The summed E-state index contributed by atoms with van der Waals surface area (Å²) in [6.07, 6.45) is 4.76. The number of piperidine rings is 1. The average molecular weight is 514 g/mol. The zero-order valence-corrected chi connectivity index (χ0v) is 22.0. The molecule has 0 bridgehead atoms. The van der Waals surface area contributed by atoms with Crippen LogP contribution in [0.15, 0.2) is 42.5 Å². The maximum absolute atomic E-state index is 15.3. The van der Waals surface area contributed by atoms with E-state index in [1.54, 1.807) is 25.3 Å². The van der Waals surface area contributed by atoms with Crippen molar-refractivity contribution in [2.75, 3.05) is 26.8 Å². The van der Waals surface area contributed by atoms with Crippen LogP contribution in [0.3, 0.4) is 0 Å². The molecule has 37 heavy (non-hydrogen) atoms. The zero-order valence-electron chi connectivity index (χ0n) is 22.0. The van der Waals surface area contributed by atoms with Crippen LogP contribution in [0.4, 0.5) is 4.39 Å². The quantitative estimate of drug-likeness (QED) is 0.420. The molecule has 4 atom stereocenters. The van der Waals surface area contributed by atoms with Gasteiger partial charge in [0.25, 0.3) is 0 Å². The van der Waals surface area contributed by atoms with Gasteiger partial charge in [-0.05, 0) is 76.0 Å². The number of carbonyl (C=O) groups is 1. The zero-order chi connectivity index (χ0) is 26.4. The van der Waals surface area contributed by atoms with Crippen LogP contribution in [-0.2, 0) is 15.1 Å². The molecule has 1 saturated heterocycles. The Morgan fingerprint density at radius 2 is 1.95 bits per heavy atom. The van der Waals surface area contributed by atoms with Gasteiger partial charge in [0.15, 0.2) is 11.6 Å². The van der Waals surface area contributed by atoms with Gasteiger partial charge in [-0.25, -0.2) is 4.39 Å². The number of rotatable bonds is 10. The van der Waals surface area contributed by atoms with Gasteiger partial charge in [-0.2, -0.15) is 0 Å². The third-order valence-electron chi connectivity index (χ3n) is 8.06. The molecule has 2 aromatic rings. The number of hydrogen-bond donors (Lipinski definition) is 2. The van der Waals surface area contributed by atoms with E-state index in [0.717, 1.165) is 24.8 Å². The van der Waals surface area contributed by atoms with E-state index in [4.69, 9.17) is 9.47 Å². The van der Waals surface area contributed by atoms with Crippen molar-refractivity contribution in [3.05, 3.63) is 59.4 Å². The Kier molecular flexibility index (Phi) is 9.22. The number of ether oxygens (including phenoxy) is 2. The number of halogens is 1. The summed E-state index contributed by atoms with van der Waals surface area (Å²) in [6.45, 7) is 3.51. The number of carbonyl (C=O) groups excluding carboxylic acids is 1. The summed E-state index contributed by atoms with van der Waals surface area (Å²) in [5.74, 6) is -0.347. The van der Waals surface area contributed by atoms with E-state index < -0.39 is 17.5 Å². The second-order valence-corrected chi connectivity index (χ2v) is 10.6. The molecule has 202 valence electrons. The lowest BCUT2D eigenvalue weighted by molar-refractivity contribution is -0.141. The molecule has 1 aliphatic heterocycles. The smallest absolute Gasteiger partial charge is 0.225 e. The summed E-state index contributed by atoms with van der Waals surface area (Å²) in [5.41, 5.74) is -0.0978. The molecule has 4 rings (SSSR count). The predicted octanol–water partition coefficient (Wildman–Crippen LogP) is 5.33. The highest BCUT2D eigenvalue weighted by Gasteiger charge is 2.44. The van der Waals surface area contributed by atoms with Gasteiger partial charge in [0.1, 0.15) is 5.75 Å². The number of hydrogen-bond acceptors (Lipinski definition) is 5. The molecule has 1 amide bonds. The molecule has 2 fully saturated rings. The summed E-state index contributed by atoms with van der Waals surface area (Å²) >= 11 is 0. The van der Waals surface area contributed by atoms with Gasteiger partial charge in [-0.3, -0.25) is 4.79 Å². The van der Waals surface area contributed by atoms with Crippen LogP contribution in [0.1, 0.15) is 62.5 Å². The molecular weight excluding hydrogens is 473 g/mol. The second-order valence-electron chi connectivity index (χ2n) is 10.6. The number of benzene rings is 2. The number of amides is 1. The topological polar surface area (TPSA) is 79.2 Å². The number of nitrogens with zero attached hydrogens (tertiary/aromatic N) is 1. The Balaban J connectivity index is 1.65. The largest absolute Gasteiger partial charge is 0.454 e. The number of aryl methyl sites for hydroxylation is 1. The van der Waals surface area contributed by atoms with Gasteiger partial charge in [-0.15, -0.1) is 0 Å². The lowest BCUT2D eigenvalue weighted by atomic mass is 9.73. The maximum Gasteiger partial charge on any atom is 0.225 e. The summed E-state index contributed by atoms with van der Waals surface area (Å²) in [5, 5.41) is 22.3. The first-order valence-corrected chi connectivity index (χ1v) is 13.5. The monoisotopic (exact) mass is 513 g/mol. The molecule has 0 aromatic heterocycles. The molecule has 0 radical (unpaired) electrons. The van der Waals surface area contributed by atoms with E-state index in [2.05, 4.69) is 0 Å². The van der Waals surface area contributed by atoms with Gasteiger partial charge in [0.2, 0.25) is 5.91 Å². The van der Waals surface area contributed by atoms with Crippen LogP contribution in [0.5, 0.6) is 11.5 Å². The molecule has 1 aliphatic carbocycles. The van der Waals surface area contributed by atoms with Crippen LogP contribution in [0, 0.1) is 24.6 Å². The fourth-order valence-corrected chi connectivity index (χ4v) is 5.94. The van der Waals surface area contributed by atoms with Crippen LogP contribution in [0.2, 0.25) is 0 Å². The SMILES string of the molecule is COCCCC[C@@](O)(c1cccc(F)c1Oc1ccccc1C)[C@@H]1CCCN(C(=O)[C@H]2CC[C@@H](O)C2)C1. The van der Waals surface area contributed by atoms with Crippen LogP contribution in [-0.4, -0.2) is 53.9 Å². The normalized spacial score (nSPS) is 23.6. The maximum atomic E-state index is 15.3. The third-order valence-corrected chi connectivity index (χ3v) is 8.06. The van der Waals surface area contributed by atoms with Gasteiger partial charge in [0.05, 0.1) is 11.7 Å². The fraction of sp³-hybridized carbons (Fsp3) is 0.567. The van der Waals surface area contributed by atoms with Crippen molar-refractivity contribution in [2.24, 2.45) is 11.8 Å². The van der Waals surface area contributed by atoms with Crippen molar-refractivity contribution < 1.29 is 28.9 Å². The Hall–Kier alpha value is -2.48. The molecule has 2 aliphatic rings. The molecule has 2 N–H and O–H groups in total. The van der Waals surface area contributed by atoms with E-state index in [1.807, 2.05) is 30.0 Å². The Morgan fingerprint density at radius 3 is 2.68 bits per heavy atom. The van der Waals surface area contributed by atoms with Gasteiger partial charge < -0.3 is 24.6 Å². The second kappa shape index (κ2) is 12.4. The molecule has 0 unspecified atom stereocenters. The van der Waals surface area contributed by atoms with Crippen molar-refractivity contribution in [2.45, 2.75) is 70.0 Å². The lowest BCUT2D eigenvalue weighted by Crippen LogP contribution is -2.49. The van der Waals surface area contributed by atoms with Crippen molar-refractivity contribution in [1.82, 2.24) is 4.90 Å². The number of methoxy groups -OCH3 is 1. The number of unbranched alkanes of at least 4 members (excludes halogenated alkanes) is 1. The highest BCUT2D eigenvalue weighted by atomic mass is 19.1. The lowest BCUT2D eigenvalue weighted by Gasteiger charge is -2.44. The van der Waals surface area contributed by atoms with E-state index in [-0.39, 0.29) is 23.5 Å². The van der Waals surface area contributed by atoms with E-state index >= 15 is 4.39 Å². The molecule has 1 heterocycles. The minimum atomic E-state index is -1.39. The Bertz CT molecular complexity index is 1060. The molecular formula is C30H40FNO5. The first-order valence-electron chi connectivity index (χ1n) is 13.5. The first kappa shape index (κ1) is 27.6. The van der Waals surface area contributed by atoms with Crippen LogP contribution < -0.4 is 4.74 Å². The van der Waals surface area contributed by atoms with Gasteiger partial charge in [-0.1, -0.05) is 30.3 Å². The number of para-hydroxylation sites is 2. The molecule has 6 nitrogen and oxygen atoms in total. The van der Waals surface area contributed by atoms with Crippen molar-refractivity contribution in [3.8, 4) is 11.5 Å². The number of aliphatic hydroxyl groups is 2. The molecule has 2 aromatic carbocycles. The molecule has 7 heteroatoms. The summed E-state index contributed by atoms with van der Waals surface area (Å²) in [7, 11) is 1.65. The minimum absolute atomic E-state index is 0.0356. The van der Waals surface area contributed by atoms with E-state index in [9.17, 15) is 15.0 Å².